The predicted octanol–water partition coefficient (Wildman–Crippen LogP) is 5.96. The number of benzene rings is 4. The molecule has 0 fully saturated rings. The Labute approximate surface area is 157 Å². The van der Waals surface area contributed by atoms with Crippen LogP contribution in [0.3, 0.4) is 0 Å². The summed E-state index contributed by atoms with van der Waals surface area (Å²) in [6, 6.07) is 30.8. The Morgan fingerprint density at radius 2 is 1.59 bits per heavy atom. The van der Waals surface area contributed by atoms with Gasteiger partial charge in [-0.25, -0.2) is 4.98 Å². The minimum atomic E-state index is 0.533. The Hall–Kier alpha value is -3.59. The lowest BCUT2D eigenvalue weighted by molar-refractivity contribution is 0.308. The largest absolute Gasteiger partial charge is 0.489 e. The third kappa shape index (κ3) is 3.04. The average molecular weight is 350 g/mol. The molecule has 4 aromatic carbocycles. The first kappa shape index (κ1) is 15.6. The number of hydrogen-bond donors (Lipinski definition) is 1. The van der Waals surface area contributed by atoms with E-state index in [1.54, 1.807) is 0 Å². The molecule has 0 aliphatic heterocycles. The van der Waals surface area contributed by atoms with Crippen molar-refractivity contribution in [2.45, 2.75) is 6.61 Å². The number of aromatic amines is 1. The molecule has 5 aromatic rings. The molecule has 0 amide bonds. The van der Waals surface area contributed by atoms with Gasteiger partial charge >= 0.3 is 0 Å². The standard InChI is InChI=1S/C24H18N2O/c1-2-12-21-17(7-1)8-5-10-19(21)16-27-20-11-6-9-18(15-20)24-25-22-13-3-4-14-23(22)26-24/h1-15H,16H2,(H,25,26). The van der Waals surface area contributed by atoms with Crippen LogP contribution >= 0.6 is 0 Å². The topological polar surface area (TPSA) is 37.9 Å². The van der Waals surface area contributed by atoms with Crippen molar-refractivity contribution in [3.8, 4) is 17.1 Å². The van der Waals surface area contributed by atoms with Gasteiger partial charge in [0.1, 0.15) is 18.2 Å². The zero-order valence-corrected chi connectivity index (χ0v) is 14.7. The van der Waals surface area contributed by atoms with Crippen molar-refractivity contribution in [2.24, 2.45) is 0 Å². The number of nitrogens with zero attached hydrogens (tertiary/aromatic N) is 1. The molecule has 3 heteroatoms. The molecule has 27 heavy (non-hydrogen) atoms. The third-order valence-electron chi connectivity index (χ3n) is 4.77. The van der Waals surface area contributed by atoms with Gasteiger partial charge in [-0.05, 0) is 40.6 Å². The Kier molecular flexibility index (Phi) is 3.83. The van der Waals surface area contributed by atoms with E-state index in [4.69, 9.17) is 4.74 Å². The molecule has 130 valence electrons. The van der Waals surface area contributed by atoms with Gasteiger partial charge in [0.25, 0.3) is 0 Å². The highest BCUT2D eigenvalue weighted by molar-refractivity contribution is 5.85. The fraction of sp³-hybridized carbons (Fsp3) is 0.0417. The summed E-state index contributed by atoms with van der Waals surface area (Å²) in [5.41, 5.74) is 4.20. The van der Waals surface area contributed by atoms with Crippen molar-refractivity contribution in [3.63, 3.8) is 0 Å². The maximum absolute atomic E-state index is 6.09. The number of para-hydroxylation sites is 2. The summed E-state index contributed by atoms with van der Waals surface area (Å²) < 4.78 is 6.09. The predicted molar refractivity (Wildman–Crippen MR) is 110 cm³/mol. The van der Waals surface area contributed by atoms with E-state index < -0.39 is 0 Å². The number of rotatable bonds is 4. The number of aromatic nitrogens is 2. The van der Waals surface area contributed by atoms with Crippen LogP contribution in [0.2, 0.25) is 0 Å². The molecule has 0 bridgehead atoms. The maximum Gasteiger partial charge on any atom is 0.138 e. The molecule has 0 aliphatic rings. The highest BCUT2D eigenvalue weighted by atomic mass is 16.5. The summed E-state index contributed by atoms with van der Waals surface area (Å²) in [7, 11) is 0. The van der Waals surface area contributed by atoms with Gasteiger partial charge in [0.15, 0.2) is 0 Å². The Bertz CT molecular complexity index is 1200. The van der Waals surface area contributed by atoms with Crippen LogP contribution in [-0.4, -0.2) is 9.97 Å². The summed E-state index contributed by atoms with van der Waals surface area (Å²) in [5, 5.41) is 2.46. The van der Waals surface area contributed by atoms with Gasteiger partial charge in [-0.3, -0.25) is 0 Å². The number of H-pyrrole nitrogens is 1. The molecule has 0 atom stereocenters. The second-order valence-corrected chi connectivity index (χ2v) is 6.56. The quantitative estimate of drug-likeness (QED) is 0.434. The molecular weight excluding hydrogens is 332 g/mol. The first-order valence-electron chi connectivity index (χ1n) is 9.01. The molecule has 1 N–H and O–H groups in total. The van der Waals surface area contributed by atoms with Gasteiger partial charge in [-0.15, -0.1) is 0 Å². The summed E-state index contributed by atoms with van der Waals surface area (Å²) in [5.74, 6) is 1.69. The summed E-state index contributed by atoms with van der Waals surface area (Å²) in [4.78, 5) is 8.04. The van der Waals surface area contributed by atoms with Crippen LogP contribution in [0.15, 0.2) is 91.0 Å². The van der Waals surface area contributed by atoms with E-state index in [2.05, 4.69) is 52.4 Å². The fourth-order valence-electron chi connectivity index (χ4n) is 3.40. The van der Waals surface area contributed by atoms with E-state index in [9.17, 15) is 0 Å². The number of hydrogen-bond acceptors (Lipinski definition) is 2. The average Bonchev–Trinajstić information content (AvgIpc) is 3.17. The minimum absolute atomic E-state index is 0.533. The number of nitrogens with one attached hydrogen (secondary N) is 1. The lowest BCUT2D eigenvalue weighted by Crippen LogP contribution is -1.96. The zero-order chi connectivity index (χ0) is 18.1. The van der Waals surface area contributed by atoms with Crippen molar-refractivity contribution in [1.82, 2.24) is 9.97 Å². The Morgan fingerprint density at radius 3 is 2.56 bits per heavy atom. The van der Waals surface area contributed by atoms with Gasteiger partial charge < -0.3 is 9.72 Å². The number of fused-ring (bicyclic) bond motifs is 2. The van der Waals surface area contributed by atoms with E-state index in [0.29, 0.717) is 6.61 Å². The minimum Gasteiger partial charge on any atom is -0.489 e. The maximum atomic E-state index is 6.09. The second kappa shape index (κ2) is 6.61. The van der Waals surface area contributed by atoms with Crippen LogP contribution in [0, 0.1) is 0 Å². The van der Waals surface area contributed by atoms with Crippen molar-refractivity contribution in [1.29, 1.82) is 0 Å². The molecule has 5 rings (SSSR count). The highest BCUT2D eigenvalue weighted by Crippen LogP contribution is 2.25. The Morgan fingerprint density at radius 1 is 0.778 bits per heavy atom. The van der Waals surface area contributed by atoms with Crippen molar-refractivity contribution < 1.29 is 4.74 Å². The van der Waals surface area contributed by atoms with Crippen LogP contribution in [0.4, 0.5) is 0 Å². The molecule has 0 aliphatic carbocycles. The van der Waals surface area contributed by atoms with Gasteiger partial charge in [-0.2, -0.15) is 0 Å². The molecule has 3 nitrogen and oxygen atoms in total. The van der Waals surface area contributed by atoms with Gasteiger partial charge in [-0.1, -0.05) is 66.7 Å². The molecule has 0 saturated carbocycles. The molecule has 0 spiro atoms. The van der Waals surface area contributed by atoms with Crippen LogP contribution in [-0.2, 0) is 6.61 Å². The SMILES string of the molecule is c1cc(OCc2cccc3ccccc23)cc(-c2nc3ccccc3[nH]2)c1. The lowest BCUT2D eigenvalue weighted by atomic mass is 10.1. The van der Waals surface area contributed by atoms with E-state index >= 15 is 0 Å². The summed E-state index contributed by atoms with van der Waals surface area (Å²) in [6.45, 7) is 0.533. The fourth-order valence-corrected chi connectivity index (χ4v) is 3.40. The molecule has 0 unspecified atom stereocenters. The second-order valence-electron chi connectivity index (χ2n) is 6.56. The smallest absolute Gasteiger partial charge is 0.138 e. The van der Waals surface area contributed by atoms with Crippen molar-refractivity contribution >= 4 is 21.8 Å². The van der Waals surface area contributed by atoms with Gasteiger partial charge in [0, 0.05) is 5.56 Å². The zero-order valence-electron chi connectivity index (χ0n) is 14.7. The lowest BCUT2D eigenvalue weighted by Gasteiger charge is -2.10. The molecular formula is C24H18N2O. The number of imidazole rings is 1. The first-order chi connectivity index (χ1) is 13.4. The Balaban J connectivity index is 1.42. The summed E-state index contributed by atoms with van der Waals surface area (Å²) >= 11 is 0. The van der Waals surface area contributed by atoms with Gasteiger partial charge in [0.2, 0.25) is 0 Å². The van der Waals surface area contributed by atoms with Crippen LogP contribution < -0.4 is 4.74 Å². The van der Waals surface area contributed by atoms with Crippen LogP contribution in [0.1, 0.15) is 5.56 Å². The van der Waals surface area contributed by atoms with Gasteiger partial charge in [0.05, 0.1) is 11.0 Å². The monoisotopic (exact) mass is 350 g/mol. The van der Waals surface area contributed by atoms with Crippen LogP contribution in [0.25, 0.3) is 33.2 Å². The molecule has 0 saturated heterocycles. The third-order valence-corrected chi connectivity index (χ3v) is 4.77. The highest BCUT2D eigenvalue weighted by Gasteiger charge is 2.07. The summed E-state index contributed by atoms with van der Waals surface area (Å²) in [6.07, 6.45) is 0. The first-order valence-corrected chi connectivity index (χ1v) is 9.01. The van der Waals surface area contributed by atoms with Crippen molar-refractivity contribution in [2.75, 3.05) is 0 Å². The molecule has 1 heterocycles. The number of ether oxygens (including phenoxy) is 1. The van der Waals surface area contributed by atoms with E-state index in [-0.39, 0.29) is 0 Å². The van der Waals surface area contributed by atoms with E-state index in [1.165, 1.54) is 16.3 Å². The van der Waals surface area contributed by atoms with Crippen LogP contribution in [0.5, 0.6) is 5.75 Å². The molecule has 0 radical (unpaired) electrons. The molecule has 1 aromatic heterocycles. The van der Waals surface area contributed by atoms with E-state index in [1.807, 2.05) is 48.5 Å². The van der Waals surface area contributed by atoms with E-state index in [0.717, 1.165) is 28.2 Å². The van der Waals surface area contributed by atoms with Crippen molar-refractivity contribution in [3.05, 3.63) is 96.6 Å². The normalized spacial score (nSPS) is 11.1.